The fraction of sp³-hybridized carbons (Fsp3) is 0.286. The summed E-state index contributed by atoms with van der Waals surface area (Å²) < 4.78 is 0. The SMILES string of the molecule is CC(C)c1cccc(NCc2cncnc2)c1. The third-order valence-corrected chi connectivity index (χ3v) is 2.66. The van der Waals surface area contributed by atoms with Gasteiger partial charge in [0, 0.05) is 30.2 Å². The van der Waals surface area contributed by atoms with Crippen LogP contribution in [-0.4, -0.2) is 9.97 Å². The number of aromatic nitrogens is 2. The van der Waals surface area contributed by atoms with Crippen LogP contribution < -0.4 is 5.32 Å². The van der Waals surface area contributed by atoms with Crippen LogP contribution in [0.4, 0.5) is 5.69 Å². The van der Waals surface area contributed by atoms with Crippen LogP contribution in [0.1, 0.15) is 30.9 Å². The molecule has 1 aromatic carbocycles. The van der Waals surface area contributed by atoms with Crippen molar-refractivity contribution in [3.05, 3.63) is 54.1 Å². The zero-order valence-electron chi connectivity index (χ0n) is 10.2. The van der Waals surface area contributed by atoms with Crippen LogP contribution in [0.2, 0.25) is 0 Å². The molecule has 0 saturated heterocycles. The van der Waals surface area contributed by atoms with E-state index in [-0.39, 0.29) is 0 Å². The number of hydrogen-bond donors (Lipinski definition) is 1. The molecule has 2 aromatic rings. The van der Waals surface area contributed by atoms with E-state index in [0.29, 0.717) is 5.92 Å². The lowest BCUT2D eigenvalue weighted by atomic mass is 10.0. The van der Waals surface area contributed by atoms with E-state index < -0.39 is 0 Å². The fourth-order valence-corrected chi connectivity index (χ4v) is 1.63. The normalized spacial score (nSPS) is 10.5. The van der Waals surface area contributed by atoms with Gasteiger partial charge in [-0.25, -0.2) is 9.97 Å². The standard InChI is InChI=1S/C14H17N3/c1-11(2)13-4-3-5-14(6-13)17-9-12-7-15-10-16-8-12/h3-8,10-11,17H,9H2,1-2H3. The second-order valence-electron chi connectivity index (χ2n) is 4.38. The largest absolute Gasteiger partial charge is 0.381 e. The van der Waals surface area contributed by atoms with Gasteiger partial charge in [0.15, 0.2) is 0 Å². The highest BCUT2D eigenvalue weighted by Crippen LogP contribution is 2.18. The molecule has 0 radical (unpaired) electrons. The first-order chi connectivity index (χ1) is 8.25. The van der Waals surface area contributed by atoms with Gasteiger partial charge in [-0.05, 0) is 23.6 Å². The molecule has 88 valence electrons. The van der Waals surface area contributed by atoms with Crippen molar-refractivity contribution < 1.29 is 0 Å². The Bertz CT molecular complexity index is 466. The Balaban J connectivity index is 2.02. The number of nitrogens with one attached hydrogen (secondary N) is 1. The van der Waals surface area contributed by atoms with E-state index >= 15 is 0 Å². The minimum Gasteiger partial charge on any atom is -0.381 e. The van der Waals surface area contributed by atoms with E-state index in [1.54, 1.807) is 6.33 Å². The lowest BCUT2D eigenvalue weighted by molar-refractivity contribution is 0.866. The first-order valence-corrected chi connectivity index (χ1v) is 5.83. The summed E-state index contributed by atoms with van der Waals surface area (Å²) in [5.41, 5.74) is 3.57. The van der Waals surface area contributed by atoms with Crippen molar-refractivity contribution in [1.29, 1.82) is 0 Å². The molecule has 0 atom stereocenters. The highest BCUT2D eigenvalue weighted by molar-refractivity contribution is 5.46. The van der Waals surface area contributed by atoms with Gasteiger partial charge in [-0.1, -0.05) is 26.0 Å². The van der Waals surface area contributed by atoms with Crippen molar-refractivity contribution in [1.82, 2.24) is 9.97 Å². The van der Waals surface area contributed by atoms with E-state index in [0.717, 1.165) is 17.8 Å². The summed E-state index contributed by atoms with van der Waals surface area (Å²) in [7, 11) is 0. The molecule has 0 aliphatic carbocycles. The van der Waals surface area contributed by atoms with Gasteiger partial charge in [0.2, 0.25) is 0 Å². The lowest BCUT2D eigenvalue weighted by Crippen LogP contribution is -2.01. The van der Waals surface area contributed by atoms with Crippen LogP contribution in [0.3, 0.4) is 0 Å². The number of rotatable bonds is 4. The number of benzene rings is 1. The van der Waals surface area contributed by atoms with Crippen molar-refractivity contribution in [3.63, 3.8) is 0 Å². The molecule has 3 heteroatoms. The molecule has 0 fully saturated rings. The Morgan fingerprint density at radius 3 is 2.65 bits per heavy atom. The smallest absolute Gasteiger partial charge is 0.115 e. The molecular weight excluding hydrogens is 210 g/mol. The fourth-order valence-electron chi connectivity index (χ4n) is 1.63. The molecule has 1 aromatic heterocycles. The second-order valence-corrected chi connectivity index (χ2v) is 4.38. The number of anilines is 1. The minimum absolute atomic E-state index is 0.553. The molecule has 0 aliphatic heterocycles. The molecule has 0 amide bonds. The van der Waals surface area contributed by atoms with Gasteiger partial charge in [-0.3, -0.25) is 0 Å². The molecule has 0 spiro atoms. The highest BCUT2D eigenvalue weighted by atomic mass is 14.9. The summed E-state index contributed by atoms with van der Waals surface area (Å²) in [6, 6.07) is 8.50. The van der Waals surface area contributed by atoms with Crippen molar-refractivity contribution in [2.24, 2.45) is 0 Å². The Morgan fingerprint density at radius 2 is 1.94 bits per heavy atom. The predicted octanol–water partition coefficient (Wildman–Crippen LogP) is 3.21. The maximum Gasteiger partial charge on any atom is 0.115 e. The highest BCUT2D eigenvalue weighted by Gasteiger charge is 2.00. The van der Waals surface area contributed by atoms with Crippen LogP contribution in [0.5, 0.6) is 0 Å². The Hall–Kier alpha value is -1.90. The van der Waals surface area contributed by atoms with Crippen molar-refractivity contribution >= 4 is 5.69 Å². The Kier molecular flexibility index (Phi) is 3.70. The summed E-state index contributed by atoms with van der Waals surface area (Å²) in [4.78, 5) is 7.98. The molecule has 3 nitrogen and oxygen atoms in total. The van der Waals surface area contributed by atoms with Gasteiger partial charge < -0.3 is 5.32 Å². The molecule has 0 unspecified atom stereocenters. The Labute approximate surface area is 102 Å². The zero-order chi connectivity index (χ0) is 12.1. The first kappa shape index (κ1) is 11.6. The van der Waals surface area contributed by atoms with Crippen molar-refractivity contribution in [2.75, 3.05) is 5.32 Å². The monoisotopic (exact) mass is 227 g/mol. The zero-order valence-corrected chi connectivity index (χ0v) is 10.2. The summed E-state index contributed by atoms with van der Waals surface area (Å²) in [5.74, 6) is 0.553. The summed E-state index contributed by atoms with van der Waals surface area (Å²) in [5, 5.41) is 3.38. The third-order valence-electron chi connectivity index (χ3n) is 2.66. The molecule has 1 heterocycles. The molecule has 0 saturated carbocycles. The van der Waals surface area contributed by atoms with Gasteiger partial charge >= 0.3 is 0 Å². The van der Waals surface area contributed by atoms with E-state index in [9.17, 15) is 0 Å². The van der Waals surface area contributed by atoms with Crippen LogP contribution >= 0.6 is 0 Å². The lowest BCUT2D eigenvalue weighted by Gasteiger charge is -2.10. The molecule has 2 rings (SSSR count). The average Bonchev–Trinajstić information content (AvgIpc) is 2.38. The molecule has 17 heavy (non-hydrogen) atoms. The molecule has 1 N–H and O–H groups in total. The van der Waals surface area contributed by atoms with Crippen molar-refractivity contribution in [2.45, 2.75) is 26.3 Å². The van der Waals surface area contributed by atoms with E-state index in [1.807, 2.05) is 12.4 Å². The molecule has 0 aliphatic rings. The van der Waals surface area contributed by atoms with Crippen molar-refractivity contribution in [3.8, 4) is 0 Å². The van der Waals surface area contributed by atoms with E-state index in [1.165, 1.54) is 5.56 Å². The maximum absolute atomic E-state index is 3.99. The van der Waals surface area contributed by atoms with Crippen LogP contribution in [0.15, 0.2) is 43.0 Å². The Morgan fingerprint density at radius 1 is 1.18 bits per heavy atom. The molecule has 0 bridgehead atoms. The second kappa shape index (κ2) is 5.43. The minimum atomic E-state index is 0.553. The van der Waals surface area contributed by atoms with Gasteiger partial charge in [0.1, 0.15) is 6.33 Å². The summed E-state index contributed by atoms with van der Waals surface area (Å²) in [6.45, 7) is 5.15. The predicted molar refractivity (Wildman–Crippen MR) is 69.9 cm³/mol. The topological polar surface area (TPSA) is 37.8 Å². The average molecular weight is 227 g/mol. The third kappa shape index (κ3) is 3.28. The van der Waals surface area contributed by atoms with Gasteiger partial charge in [-0.15, -0.1) is 0 Å². The van der Waals surface area contributed by atoms with E-state index in [2.05, 4.69) is 53.4 Å². The van der Waals surface area contributed by atoms with Crippen LogP contribution in [0.25, 0.3) is 0 Å². The van der Waals surface area contributed by atoms with Gasteiger partial charge in [0.25, 0.3) is 0 Å². The van der Waals surface area contributed by atoms with E-state index in [4.69, 9.17) is 0 Å². The van der Waals surface area contributed by atoms with Crippen LogP contribution in [-0.2, 0) is 6.54 Å². The summed E-state index contributed by atoms with van der Waals surface area (Å²) >= 11 is 0. The first-order valence-electron chi connectivity index (χ1n) is 5.83. The van der Waals surface area contributed by atoms with Gasteiger partial charge in [0.05, 0.1) is 0 Å². The number of hydrogen-bond acceptors (Lipinski definition) is 3. The summed E-state index contributed by atoms with van der Waals surface area (Å²) in [6.07, 6.45) is 5.20. The van der Waals surface area contributed by atoms with Crippen LogP contribution in [0, 0.1) is 0 Å². The molecular formula is C14H17N3. The number of nitrogens with zero attached hydrogens (tertiary/aromatic N) is 2. The quantitative estimate of drug-likeness (QED) is 0.871. The maximum atomic E-state index is 3.99. The van der Waals surface area contributed by atoms with Gasteiger partial charge in [-0.2, -0.15) is 0 Å².